The molecule has 1 amide bonds. The lowest BCUT2D eigenvalue weighted by atomic mass is 10.1. The summed E-state index contributed by atoms with van der Waals surface area (Å²) in [4.78, 5) is 13.9. The van der Waals surface area contributed by atoms with E-state index in [0.29, 0.717) is 37.6 Å². The highest BCUT2D eigenvalue weighted by molar-refractivity contribution is 5.96. The minimum Gasteiger partial charge on any atom is -0.492 e. The Kier molecular flexibility index (Phi) is 5.50. The van der Waals surface area contributed by atoms with Crippen molar-refractivity contribution in [2.24, 2.45) is 5.73 Å². The standard InChI is InChI=1S/C19H21FN2O3/c20-15-3-1-2-14(12-15)6-9-25-18-5-4-16(13-17(18)19(21)23)22-7-10-24-11-8-22/h1-5,12-13H,6-11H2,(H2,21,23). The maximum absolute atomic E-state index is 13.2. The average Bonchev–Trinajstić information content (AvgIpc) is 2.62. The van der Waals surface area contributed by atoms with Gasteiger partial charge in [-0.05, 0) is 35.9 Å². The summed E-state index contributed by atoms with van der Waals surface area (Å²) in [7, 11) is 0. The van der Waals surface area contributed by atoms with Gasteiger partial charge in [-0.2, -0.15) is 0 Å². The van der Waals surface area contributed by atoms with E-state index in [4.69, 9.17) is 15.2 Å². The van der Waals surface area contributed by atoms with E-state index in [-0.39, 0.29) is 5.82 Å². The minimum atomic E-state index is -0.532. The lowest BCUT2D eigenvalue weighted by Crippen LogP contribution is -2.36. The van der Waals surface area contributed by atoms with Gasteiger partial charge in [0.1, 0.15) is 11.6 Å². The topological polar surface area (TPSA) is 64.8 Å². The normalized spacial score (nSPS) is 14.4. The van der Waals surface area contributed by atoms with Gasteiger partial charge in [0, 0.05) is 25.2 Å². The monoisotopic (exact) mass is 344 g/mol. The van der Waals surface area contributed by atoms with Crippen LogP contribution in [0.25, 0.3) is 0 Å². The van der Waals surface area contributed by atoms with Crippen LogP contribution in [0.3, 0.4) is 0 Å². The number of ether oxygens (including phenoxy) is 2. The molecule has 1 aliphatic rings. The van der Waals surface area contributed by atoms with E-state index in [1.165, 1.54) is 12.1 Å². The van der Waals surface area contributed by atoms with Crippen molar-refractivity contribution in [3.05, 3.63) is 59.4 Å². The zero-order chi connectivity index (χ0) is 17.6. The second kappa shape index (κ2) is 7.98. The Morgan fingerprint density at radius 1 is 1.20 bits per heavy atom. The van der Waals surface area contributed by atoms with Gasteiger partial charge in [0.05, 0.1) is 25.4 Å². The third-order valence-electron chi connectivity index (χ3n) is 4.14. The van der Waals surface area contributed by atoms with Crippen molar-refractivity contribution in [3.8, 4) is 5.75 Å². The van der Waals surface area contributed by atoms with Crippen molar-refractivity contribution < 1.29 is 18.7 Å². The highest BCUT2D eigenvalue weighted by Gasteiger charge is 2.16. The number of anilines is 1. The first-order valence-electron chi connectivity index (χ1n) is 8.27. The van der Waals surface area contributed by atoms with Gasteiger partial charge in [0.2, 0.25) is 0 Å². The first-order chi connectivity index (χ1) is 12.1. The van der Waals surface area contributed by atoms with E-state index >= 15 is 0 Å². The summed E-state index contributed by atoms with van der Waals surface area (Å²) >= 11 is 0. The Labute approximate surface area is 146 Å². The number of nitrogens with two attached hydrogens (primary N) is 1. The molecule has 5 nitrogen and oxygen atoms in total. The molecule has 3 rings (SSSR count). The maximum atomic E-state index is 13.2. The van der Waals surface area contributed by atoms with Gasteiger partial charge in [-0.3, -0.25) is 4.79 Å². The lowest BCUT2D eigenvalue weighted by molar-refractivity contribution is 0.0996. The quantitative estimate of drug-likeness (QED) is 0.874. The number of morpholine rings is 1. The number of hydrogen-bond donors (Lipinski definition) is 1. The van der Waals surface area contributed by atoms with E-state index in [0.717, 1.165) is 24.3 Å². The Morgan fingerprint density at radius 2 is 2.00 bits per heavy atom. The lowest BCUT2D eigenvalue weighted by Gasteiger charge is -2.29. The largest absolute Gasteiger partial charge is 0.492 e. The van der Waals surface area contributed by atoms with Gasteiger partial charge in [-0.1, -0.05) is 12.1 Å². The summed E-state index contributed by atoms with van der Waals surface area (Å²) < 4.78 is 24.3. The zero-order valence-corrected chi connectivity index (χ0v) is 13.9. The molecule has 132 valence electrons. The van der Waals surface area contributed by atoms with Crippen LogP contribution in [0.15, 0.2) is 42.5 Å². The van der Waals surface area contributed by atoms with Crippen molar-refractivity contribution in [1.29, 1.82) is 0 Å². The fourth-order valence-corrected chi connectivity index (χ4v) is 2.83. The molecule has 1 heterocycles. The smallest absolute Gasteiger partial charge is 0.252 e. The molecule has 0 spiro atoms. The predicted octanol–water partition coefficient (Wildman–Crippen LogP) is 2.38. The molecule has 2 aromatic carbocycles. The highest BCUT2D eigenvalue weighted by Crippen LogP contribution is 2.26. The molecule has 1 saturated heterocycles. The number of nitrogens with zero attached hydrogens (tertiary/aromatic N) is 1. The van der Waals surface area contributed by atoms with Gasteiger partial charge >= 0.3 is 0 Å². The molecule has 25 heavy (non-hydrogen) atoms. The Hall–Kier alpha value is -2.60. The molecular weight excluding hydrogens is 323 g/mol. The van der Waals surface area contributed by atoms with Crippen molar-refractivity contribution >= 4 is 11.6 Å². The van der Waals surface area contributed by atoms with Crippen LogP contribution in [0.4, 0.5) is 10.1 Å². The van der Waals surface area contributed by atoms with Crippen molar-refractivity contribution in [2.75, 3.05) is 37.8 Å². The number of carbonyl (C=O) groups is 1. The van der Waals surface area contributed by atoms with Gasteiger partial charge in [0.25, 0.3) is 5.91 Å². The zero-order valence-electron chi connectivity index (χ0n) is 13.9. The molecule has 1 aliphatic heterocycles. The van der Waals surface area contributed by atoms with Gasteiger partial charge in [-0.25, -0.2) is 4.39 Å². The van der Waals surface area contributed by atoms with E-state index in [1.807, 2.05) is 12.1 Å². The molecule has 1 fully saturated rings. The van der Waals surface area contributed by atoms with Gasteiger partial charge in [0.15, 0.2) is 0 Å². The van der Waals surface area contributed by atoms with Crippen molar-refractivity contribution in [3.63, 3.8) is 0 Å². The minimum absolute atomic E-state index is 0.273. The summed E-state index contributed by atoms with van der Waals surface area (Å²) in [5.74, 6) is -0.359. The summed E-state index contributed by atoms with van der Waals surface area (Å²) in [6.45, 7) is 3.21. The Morgan fingerprint density at radius 3 is 2.72 bits per heavy atom. The van der Waals surface area contributed by atoms with Crippen LogP contribution in [0.5, 0.6) is 5.75 Å². The fourth-order valence-electron chi connectivity index (χ4n) is 2.83. The second-order valence-electron chi connectivity index (χ2n) is 5.87. The molecular formula is C19H21FN2O3. The molecule has 0 aromatic heterocycles. The maximum Gasteiger partial charge on any atom is 0.252 e. The summed E-state index contributed by atoms with van der Waals surface area (Å²) in [5.41, 5.74) is 7.62. The molecule has 0 bridgehead atoms. The number of primary amides is 1. The van der Waals surface area contributed by atoms with Crippen LogP contribution in [0.2, 0.25) is 0 Å². The van der Waals surface area contributed by atoms with Crippen LogP contribution in [0, 0.1) is 5.82 Å². The third kappa shape index (κ3) is 4.48. The summed E-state index contributed by atoms with van der Waals surface area (Å²) in [5, 5.41) is 0. The Balaban J connectivity index is 1.68. The number of halogens is 1. The van der Waals surface area contributed by atoms with E-state index in [2.05, 4.69) is 4.90 Å². The van der Waals surface area contributed by atoms with Crippen LogP contribution < -0.4 is 15.4 Å². The summed E-state index contributed by atoms with van der Waals surface area (Å²) in [6, 6.07) is 11.8. The van der Waals surface area contributed by atoms with Crippen LogP contribution in [-0.2, 0) is 11.2 Å². The SMILES string of the molecule is NC(=O)c1cc(N2CCOCC2)ccc1OCCc1cccc(F)c1. The molecule has 6 heteroatoms. The number of hydrogen-bond acceptors (Lipinski definition) is 4. The molecule has 2 N–H and O–H groups in total. The fraction of sp³-hybridized carbons (Fsp3) is 0.316. The van der Waals surface area contributed by atoms with Crippen LogP contribution >= 0.6 is 0 Å². The van der Waals surface area contributed by atoms with E-state index < -0.39 is 5.91 Å². The van der Waals surface area contributed by atoms with Crippen molar-refractivity contribution in [1.82, 2.24) is 0 Å². The first-order valence-corrected chi connectivity index (χ1v) is 8.27. The molecule has 0 atom stereocenters. The van der Waals surface area contributed by atoms with Gasteiger partial charge < -0.3 is 20.1 Å². The number of carbonyl (C=O) groups excluding carboxylic acids is 1. The molecule has 2 aromatic rings. The van der Waals surface area contributed by atoms with Crippen molar-refractivity contribution in [2.45, 2.75) is 6.42 Å². The Bertz CT molecular complexity index is 745. The van der Waals surface area contributed by atoms with Crippen LogP contribution in [0.1, 0.15) is 15.9 Å². The molecule has 0 radical (unpaired) electrons. The molecule has 0 saturated carbocycles. The van der Waals surface area contributed by atoms with E-state index in [1.54, 1.807) is 18.2 Å². The van der Waals surface area contributed by atoms with Gasteiger partial charge in [-0.15, -0.1) is 0 Å². The predicted molar refractivity (Wildman–Crippen MR) is 93.6 cm³/mol. The van der Waals surface area contributed by atoms with E-state index in [9.17, 15) is 9.18 Å². The number of amides is 1. The second-order valence-corrected chi connectivity index (χ2v) is 5.87. The molecule has 0 unspecified atom stereocenters. The highest BCUT2D eigenvalue weighted by atomic mass is 19.1. The number of rotatable bonds is 6. The summed E-state index contributed by atoms with van der Waals surface area (Å²) in [6.07, 6.45) is 0.543. The number of benzene rings is 2. The third-order valence-corrected chi connectivity index (χ3v) is 4.14. The van der Waals surface area contributed by atoms with Crippen LogP contribution in [-0.4, -0.2) is 38.8 Å². The average molecular weight is 344 g/mol. The first kappa shape index (κ1) is 17.2. The molecule has 0 aliphatic carbocycles.